The number of aliphatic hydroxyl groups is 2. The standard InChI is InChI=1S/C15H20FNO3.C13H18N2O3.C10H12FNO.C8H10N2O.2C8H15NO3.C7H6ClF.C5H5NO.CH4.4ClH.Na.H/c1-15(2,3)20-14(18)17-8-13(9-17)19-10-11-4-6-12(16)7-5-11;1-13(2,3)18-12(16)15-8-11(9-15)17-10-4-6-14-7-5-10;11-9-3-1-8(2-4-9)7-13-10-5-12-6-10;1-3-9-4-2-7(1)11-8-5-10-6-8;2*1-8(2,3)12-7(11)9-4-6(10)5-9;8-5-6-1-3-7(9)4-2-6;7-5-1-3-6-4-2-5;;;;;;;/h4-7,13H,8-10H2,1-3H3;4-7,11H,8-9H2,1-3H3;1-4,10,12H,5-7H2;1-4,8,10H,5-6H2;2*6,10H,4-5H2,1-3H3;1-4H,5H2;1-4H,(H,6,7);1H4;4*1H;;/q;;;;;;;;;;;;;+1;-1. The van der Waals surface area contributed by atoms with Crippen molar-refractivity contribution in [1.82, 2.24) is 45.2 Å². The molecule has 3 aromatic heterocycles. The van der Waals surface area contributed by atoms with Crippen LogP contribution in [0.4, 0.5) is 32.3 Å². The number of halogens is 8. The Bertz CT molecular complexity index is 3420. The van der Waals surface area contributed by atoms with E-state index in [1.54, 1.807) is 95.5 Å². The van der Waals surface area contributed by atoms with E-state index in [0.717, 1.165) is 54.4 Å². The number of hydrogen-bond acceptors (Lipinski definition) is 19. The first-order chi connectivity index (χ1) is 48.0. The van der Waals surface area contributed by atoms with Crippen molar-refractivity contribution >= 4 is 85.6 Å². The molecule has 108 heavy (non-hydrogen) atoms. The average molecular weight is 1640 g/mol. The minimum atomic E-state index is -0.475. The maximum atomic E-state index is 12.7. The summed E-state index contributed by atoms with van der Waals surface area (Å²) in [6, 6.07) is 29.1. The molecule has 4 amide bonds. The van der Waals surface area contributed by atoms with Gasteiger partial charge >= 0.3 is 53.9 Å². The summed E-state index contributed by atoms with van der Waals surface area (Å²) in [4.78, 5) is 72.8. The van der Waals surface area contributed by atoms with Crippen molar-refractivity contribution in [3.05, 3.63) is 191 Å². The molecule has 6 aliphatic rings. The normalized spacial score (nSPS) is 15.0. The van der Waals surface area contributed by atoms with Gasteiger partial charge in [-0.2, -0.15) is 0 Å². The van der Waals surface area contributed by atoms with E-state index in [9.17, 15) is 37.1 Å². The molecule has 0 saturated carbocycles. The number of aromatic amines is 1. The first-order valence-electron chi connectivity index (χ1n) is 33.5. The fourth-order valence-electron chi connectivity index (χ4n) is 8.35. The largest absolute Gasteiger partial charge is 1.00 e. The van der Waals surface area contributed by atoms with Crippen LogP contribution in [0.2, 0.25) is 0 Å². The molecule has 5 N–H and O–H groups in total. The summed E-state index contributed by atoms with van der Waals surface area (Å²) in [5.41, 5.74) is 1.10. The Morgan fingerprint density at radius 3 is 0.981 bits per heavy atom. The monoisotopic (exact) mass is 1630 g/mol. The number of carbonyl (C=O) groups is 4. The molecular formula is C75H110Cl5F3N9NaO15. The van der Waals surface area contributed by atoms with Gasteiger partial charge in [0.1, 0.15) is 63.6 Å². The Labute approximate surface area is 686 Å². The molecule has 0 atom stereocenters. The second kappa shape index (κ2) is 51.9. The van der Waals surface area contributed by atoms with Crippen molar-refractivity contribution in [3.8, 4) is 11.5 Å². The van der Waals surface area contributed by atoms with Crippen LogP contribution >= 0.6 is 61.2 Å². The Morgan fingerprint density at radius 2 is 0.722 bits per heavy atom. The van der Waals surface area contributed by atoms with Crippen molar-refractivity contribution in [3.63, 3.8) is 0 Å². The van der Waals surface area contributed by atoms with Gasteiger partial charge < -0.3 is 84.8 Å². The number of carbonyl (C=O) groups excluding carboxylic acids is 4. The summed E-state index contributed by atoms with van der Waals surface area (Å²) in [6.45, 7) is 30.6. The van der Waals surface area contributed by atoms with E-state index >= 15 is 0 Å². The van der Waals surface area contributed by atoms with Crippen molar-refractivity contribution in [2.24, 2.45) is 0 Å². The van der Waals surface area contributed by atoms with Gasteiger partial charge in [-0.05, 0) is 160 Å². The second-order valence-electron chi connectivity index (χ2n) is 28.1. The molecule has 6 aliphatic heterocycles. The molecule has 6 saturated heterocycles. The number of β-amino-alcohol motifs (C(OH)–C–C–N with tert-alkyl or cyclic N) is 2. The molecule has 0 bridgehead atoms. The smallest absolute Gasteiger partial charge is 1.00 e. The van der Waals surface area contributed by atoms with E-state index in [2.05, 4.69) is 25.6 Å². The van der Waals surface area contributed by atoms with Crippen molar-refractivity contribution in [1.29, 1.82) is 0 Å². The summed E-state index contributed by atoms with van der Waals surface area (Å²) in [7, 11) is 0. The maximum absolute atomic E-state index is 12.7. The van der Waals surface area contributed by atoms with Crippen LogP contribution in [0.15, 0.2) is 151 Å². The van der Waals surface area contributed by atoms with Gasteiger partial charge in [-0.3, -0.25) is 14.8 Å². The van der Waals surface area contributed by atoms with Gasteiger partial charge in [0, 0.05) is 81.4 Å². The van der Waals surface area contributed by atoms with Gasteiger partial charge in [0.25, 0.3) is 0 Å². The van der Waals surface area contributed by atoms with Crippen molar-refractivity contribution < 1.29 is 111 Å². The van der Waals surface area contributed by atoms with E-state index in [4.69, 9.17) is 59.7 Å². The molecular weight excluding hydrogens is 1520 g/mol. The number of aromatic nitrogens is 3. The van der Waals surface area contributed by atoms with Gasteiger partial charge in [0.15, 0.2) is 5.43 Å². The van der Waals surface area contributed by atoms with E-state index in [1.807, 2.05) is 95.2 Å². The molecule has 24 nitrogen and oxygen atoms in total. The molecule has 0 unspecified atom stereocenters. The summed E-state index contributed by atoms with van der Waals surface area (Å²) < 4.78 is 80.5. The Hall–Kier alpha value is -6.41. The zero-order valence-electron chi connectivity index (χ0n) is 64.0. The van der Waals surface area contributed by atoms with Gasteiger partial charge in [-0.15, -0.1) is 61.2 Å². The zero-order valence-corrected chi connectivity index (χ0v) is 69.0. The Morgan fingerprint density at radius 1 is 0.444 bits per heavy atom. The Balaban J connectivity index is -0.00000119. The minimum absolute atomic E-state index is 0. The predicted molar refractivity (Wildman–Crippen MR) is 416 cm³/mol. The fourth-order valence-corrected chi connectivity index (χ4v) is 8.53. The first kappa shape index (κ1) is 104. The molecule has 0 radical (unpaired) electrons. The van der Waals surface area contributed by atoms with Gasteiger partial charge in [-0.1, -0.05) is 43.8 Å². The van der Waals surface area contributed by atoms with Crippen LogP contribution in [0, 0.1) is 17.5 Å². The molecule has 6 aromatic rings. The molecule has 602 valence electrons. The van der Waals surface area contributed by atoms with Crippen LogP contribution in [0.1, 0.15) is 109 Å². The average Bonchev–Trinajstić information content (AvgIpc) is 0.796. The van der Waals surface area contributed by atoms with Gasteiger partial charge in [0.2, 0.25) is 0 Å². The van der Waals surface area contributed by atoms with Crippen LogP contribution in [0.25, 0.3) is 0 Å². The number of ether oxygens (including phenoxy) is 8. The molecule has 6 fully saturated rings. The summed E-state index contributed by atoms with van der Waals surface area (Å²) in [6.07, 6.45) is 8.80. The first-order valence-corrected chi connectivity index (χ1v) is 34.1. The number of alkyl halides is 1. The third-order valence-electron chi connectivity index (χ3n) is 14.0. The SMILES string of the molecule is C.CC(C)(C)OC(=O)N1CC(O)C1.CC(C)(C)OC(=O)N1CC(O)C1.CC(C)(C)OC(=O)N1CC(OCc2ccc(F)cc2)C1.CC(C)(C)OC(=O)N1CC(Oc2ccncc2)C1.Cl.Cl.Cl.Cl.Fc1ccc(CCl)cc1.Fc1ccc(COC2CNC2)cc1.O=c1cc[nH]cc1.[H-].[Na+].c1cc(OC2CNC2)ccn1. The van der Waals surface area contributed by atoms with E-state index in [-0.39, 0.29) is 160 Å². The number of hydrogen-bond donors (Lipinski definition) is 5. The summed E-state index contributed by atoms with van der Waals surface area (Å²) in [5, 5.41) is 24.1. The number of nitrogens with one attached hydrogen (secondary N) is 3. The number of H-pyrrole nitrogens is 1. The Kier molecular flexibility index (Phi) is 49.8. The number of nitrogens with zero attached hydrogens (tertiary/aromatic N) is 6. The summed E-state index contributed by atoms with van der Waals surface area (Å²) >= 11 is 5.46. The third-order valence-corrected chi connectivity index (χ3v) is 14.3. The van der Waals surface area contributed by atoms with E-state index in [0.29, 0.717) is 83.7 Å². The minimum Gasteiger partial charge on any atom is -1.00 e. The number of pyridine rings is 3. The number of amides is 4. The van der Waals surface area contributed by atoms with Crippen LogP contribution in [-0.2, 0) is 47.5 Å². The number of likely N-dealkylation sites (tertiary alicyclic amines) is 4. The fraction of sp³-hybridized carbons (Fsp3) is 0.507. The van der Waals surface area contributed by atoms with E-state index in [1.165, 1.54) is 58.3 Å². The molecule has 9 heterocycles. The van der Waals surface area contributed by atoms with Gasteiger partial charge in [-0.25, -0.2) is 32.3 Å². The maximum Gasteiger partial charge on any atom is 1.00 e. The quantitative estimate of drug-likeness (QED) is 0.0458. The van der Waals surface area contributed by atoms with Gasteiger partial charge in [0.05, 0.1) is 90.0 Å². The number of aliphatic hydroxyl groups excluding tert-OH is 2. The molecule has 0 aliphatic carbocycles. The second-order valence-corrected chi connectivity index (χ2v) is 28.4. The van der Waals surface area contributed by atoms with Crippen LogP contribution in [0.5, 0.6) is 11.5 Å². The third kappa shape index (κ3) is 44.4. The van der Waals surface area contributed by atoms with Crippen molar-refractivity contribution in [2.75, 3.05) is 78.5 Å². The number of benzene rings is 3. The molecule has 12 rings (SSSR count). The molecule has 0 spiro atoms. The van der Waals surface area contributed by atoms with Crippen molar-refractivity contribution in [2.45, 2.75) is 169 Å². The van der Waals surface area contributed by atoms with Crippen LogP contribution in [0.3, 0.4) is 0 Å². The van der Waals surface area contributed by atoms with Crippen LogP contribution < -0.4 is 55.1 Å². The van der Waals surface area contributed by atoms with E-state index < -0.39 is 22.4 Å². The summed E-state index contributed by atoms with van der Waals surface area (Å²) in [5.74, 6) is 1.46. The predicted octanol–water partition coefficient (Wildman–Crippen LogP) is 10.4. The number of rotatable bonds is 11. The zero-order chi connectivity index (χ0) is 75.0. The topological polar surface area (TPSA) is 278 Å². The molecule has 33 heteroatoms. The molecule has 3 aromatic carbocycles. The van der Waals surface area contributed by atoms with Crippen LogP contribution in [-0.4, -0.2) is 207 Å².